The van der Waals surface area contributed by atoms with Crippen molar-refractivity contribution in [2.24, 2.45) is 17.2 Å². The van der Waals surface area contributed by atoms with Crippen molar-refractivity contribution >= 4 is 29.6 Å². The molecule has 1 heterocycles. The Kier molecular flexibility index (Phi) is 11.0. The molecular formula is C19H34N6O7. The molecule has 1 aliphatic heterocycles. The third-order valence-corrected chi connectivity index (χ3v) is 5.24. The van der Waals surface area contributed by atoms with Gasteiger partial charge in [-0.25, -0.2) is 4.79 Å². The zero-order chi connectivity index (χ0) is 24.4. The van der Waals surface area contributed by atoms with Crippen LogP contribution in [0.1, 0.15) is 45.4 Å². The molecular weight excluding hydrogens is 424 g/mol. The van der Waals surface area contributed by atoms with Gasteiger partial charge in [-0.2, -0.15) is 0 Å². The summed E-state index contributed by atoms with van der Waals surface area (Å²) in [5.41, 5.74) is 16.2. The first-order chi connectivity index (χ1) is 15.0. The van der Waals surface area contributed by atoms with Crippen LogP contribution in [-0.2, 0) is 24.0 Å². The SMILES string of the molecule is CC(O)C(N)C(=O)NC(CCCCN)C(=O)N1CCCC1C(=O)NC(CC(N)=O)C(=O)O. The van der Waals surface area contributed by atoms with Crippen LogP contribution in [0.25, 0.3) is 0 Å². The number of carboxylic acid groups (broad SMARTS) is 1. The molecule has 1 rings (SSSR count). The molecule has 0 saturated carbocycles. The molecule has 5 unspecified atom stereocenters. The first kappa shape index (κ1) is 27.3. The van der Waals surface area contributed by atoms with Crippen molar-refractivity contribution in [1.29, 1.82) is 0 Å². The Hall–Kier alpha value is -2.77. The van der Waals surface area contributed by atoms with Crippen molar-refractivity contribution < 1.29 is 34.2 Å². The van der Waals surface area contributed by atoms with Crippen LogP contribution in [0.2, 0.25) is 0 Å². The van der Waals surface area contributed by atoms with E-state index in [1.807, 2.05) is 0 Å². The van der Waals surface area contributed by atoms with Crippen molar-refractivity contribution in [3.8, 4) is 0 Å². The third kappa shape index (κ3) is 8.05. The zero-order valence-corrected chi connectivity index (χ0v) is 18.2. The largest absolute Gasteiger partial charge is 0.480 e. The highest BCUT2D eigenvalue weighted by molar-refractivity contribution is 5.95. The van der Waals surface area contributed by atoms with E-state index in [0.717, 1.165) is 0 Å². The average Bonchev–Trinajstić information content (AvgIpc) is 3.20. The Labute approximate surface area is 186 Å². The summed E-state index contributed by atoms with van der Waals surface area (Å²) in [6.45, 7) is 1.98. The molecule has 1 saturated heterocycles. The number of carbonyl (C=O) groups excluding carboxylic acids is 4. The van der Waals surface area contributed by atoms with Crippen LogP contribution in [0.4, 0.5) is 0 Å². The number of unbranched alkanes of at least 4 members (excludes halogenated alkanes) is 1. The lowest BCUT2D eigenvalue weighted by Gasteiger charge is -2.30. The summed E-state index contributed by atoms with van der Waals surface area (Å²) in [5.74, 6) is -4.27. The second kappa shape index (κ2) is 12.9. The van der Waals surface area contributed by atoms with Gasteiger partial charge in [0, 0.05) is 6.54 Å². The highest BCUT2D eigenvalue weighted by atomic mass is 16.4. The Morgan fingerprint density at radius 2 is 1.78 bits per heavy atom. The predicted octanol–water partition coefficient (Wildman–Crippen LogP) is -3.26. The summed E-state index contributed by atoms with van der Waals surface area (Å²) in [7, 11) is 0. The number of nitrogens with zero attached hydrogens (tertiary/aromatic N) is 1. The van der Waals surface area contributed by atoms with E-state index in [1.165, 1.54) is 11.8 Å². The normalized spacial score (nSPS) is 19.5. The first-order valence-electron chi connectivity index (χ1n) is 10.6. The number of hydrogen-bond acceptors (Lipinski definition) is 8. The van der Waals surface area contributed by atoms with E-state index in [4.69, 9.17) is 17.2 Å². The fourth-order valence-corrected chi connectivity index (χ4v) is 3.41. The van der Waals surface area contributed by atoms with Gasteiger partial charge in [-0.15, -0.1) is 0 Å². The minimum absolute atomic E-state index is 0.232. The van der Waals surface area contributed by atoms with Crippen molar-refractivity contribution in [3.05, 3.63) is 0 Å². The predicted molar refractivity (Wildman–Crippen MR) is 113 cm³/mol. The highest BCUT2D eigenvalue weighted by Crippen LogP contribution is 2.20. The van der Waals surface area contributed by atoms with Crippen molar-refractivity contribution in [3.63, 3.8) is 0 Å². The Bertz CT molecular complexity index is 702. The molecule has 0 aromatic rings. The van der Waals surface area contributed by atoms with Crippen LogP contribution in [0.15, 0.2) is 0 Å². The molecule has 0 bridgehead atoms. The van der Waals surface area contributed by atoms with Gasteiger partial charge in [-0.05, 0) is 45.6 Å². The van der Waals surface area contributed by atoms with E-state index in [2.05, 4.69) is 10.6 Å². The fraction of sp³-hybridized carbons (Fsp3) is 0.737. The zero-order valence-electron chi connectivity index (χ0n) is 18.2. The van der Waals surface area contributed by atoms with Crippen molar-refractivity contribution in [2.45, 2.75) is 75.7 Å². The van der Waals surface area contributed by atoms with Crippen LogP contribution in [0, 0.1) is 0 Å². The van der Waals surface area contributed by atoms with E-state index in [-0.39, 0.29) is 19.4 Å². The van der Waals surface area contributed by atoms with E-state index in [9.17, 15) is 34.2 Å². The summed E-state index contributed by atoms with van der Waals surface area (Å²) < 4.78 is 0. The molecule has 1 fully saturated rings. The molecule has 10 N–H and O–H groups in total. The molecule has 13 nitrogen and oxygen atoms in total. The van der Waals surface area contributed by atoms with Crippen LogP contribution < -0.4 is 27.8 Å². The molecule has 13 heteroatoms. The number of rotatable bonds is 13. The van der Waals surface area contributed by atoms with Crippen LogP contribution in [-0.4, -0.2) is 88.1 Å². The van der Waals surface area contributed by atoms with Gasteiger partial charge in [0.1, 0.15) is 24.2 Å². The molecule has 1 aliphatic rings. The lowest BCUT2D eigenvalue weighted by molar-refractivity contribution is -0.146. The van der Waals surface area contributed by atoms with Gasteiger partial charge in [-0.1, -0.05) is 0 Å². The topological polar surface area (TPSA) is 231 Å². The molecule has 0 spiro atoms. The number of nitrogens with two attached hydrogens (primary N) is 3. The summed E-state index contributed by atoms with van der Waals surface area (Å²) in [4.78, 5) is 61.8. The second-order valence-electron chi connectivity index (χ2n) is 7.87. The number of likely N-dealkylation sites (tertiary alicyclic amines) is 1. The standard InChI is InChI=1S/C19H34N6O7/c1-10(26)15(22)17(29)23-11(5-2-3-7-20)18(30)25-8-4-6-13(25)16(28)24-12(19(31)32)9-14(21)27/h10-13,15,26H,2-9,20,22H2,1H3,(H2,21,27)(H,23,29)(H,24,28)(H,31,32). The quantitative estimate of drug-likeness (QED) is 0.137. The number of aliphatic hydroxyl groups excluding tert-OH is 1. The van der Waals surface area contributed by atoms with E-state index in [0.29, 0.717) is 25.8 Å². The number of carboxylic acids is 1. The van der Waals surface area contributed by atoms with Gasteiger partial charge >= 0.3 is 5.97 Å². The number of nitrogens with one attached hydrogen (secondary N) is 2. The van der Waals surface area contributed by atoms with E-state index < -0.39 is 66.3 Å². The van der Waals surface area contributed by atoms with Gasteiger partial charge in [0.25, 0.3) is 0 Å². The number of carbonyl (C=O) groups is 5. The van der Waals surface area contributed by atoms with Gasteiger partial charge in [0.05, 0.1) is 12.5 Å². The molecule has 5 atom stereocenters. The van der Waals surface area contributed by atoms with Crippen LogP contribution in [0.5, 0.6) is 0 Å². The molecule has 0 aliphatic carbocycles. The minimum atomic E-state index is -1.51. The maximum absolute atomic E-state index is 13.2. The maximum atomic E-state index is 13.2. The third-order valence-electron chi connectivity index (χ3n) is 5.24. The Morgan fingerprint density at radius 3 is 2.31 bits per heavy atom. The first-order valence-corrected chi connectivity index (χ1v) is 10.6. The van der Waals surface area contributed by atoms with Gasteiger partial charge < -0.3 is 42.9 Å². The smallest absolute Gasteiger partial charge is 0.326 e. The molecule has 0 radical (unpaired) electrons. The number of amides is 4. The van der Waals surface area contributed by atoms with Crippen molar-refractivity contribution in [1.82, 2.24) is 15.5 Å². The summed E-state index contributed by atoms with van der Waals surface area (Å²) in [6.07, 6.45) is 0.458. The van der Waals surface area contributed by atoms with Gasteiger partial charge in [-0.3, -0.25) is 19.2 Å². The fourth-order valence-electron chi connectivity index (χ4n) is 3.41. The highest BCUT2D eigenvalue weighted by Gasteiger charge is 2.39. The van der Waals surface area contributed by atoms with Gasteiger partial charge in [0.15, 0.2) is 0 Å². The number of primary amides is 1. The van der Waals surface area contributed by atoms with Crippen LogP contribution in [0.3, 0.4) is 0 Å². The Balaban J connectivity index is 2.96. The summed E-state index contributed by atoms with van der Waals surface area (Å²) >= 11 is 0. The van der Waals surface area contributed by atoms with Crippen molar-refractivity contribution in [2.75, 3.05) is 13.1 Å². The van der Waals surface area contributed by atoms with Gasteiger partial charge in [0.2, 0.25) is 23.6 Å². The number of aliphatic hydroxyl groups is 1. The Morgan fingerprint density at radius 1 is 1.12 bits per heavy atom. The monoisotopic (exact) mass is 458 g/mol. The minimum Gasteiger partial charge on any atom is -0.480 e. The lowest BCUT2D eigenvalue weighted by Crippen LogP contribution is -2.58. The average molecular weight is 459 g/mol. The molecule has 182 valence electrons. The summed E-state index contributed by atoms with van der Waals surface area (Å²) in [5, 5.41) is 23.5. The molecule has 4 amide bonds. The molecule has 32 heavy (non-hydrogen) atoms. The van der Waals surface area contributed by atoms with Crippen LogP contribution >= 0.6 is 0 Å². The maximum Gasteiger partial charge on any atom is 0.326 e. The number of hydrogen-bond donors (Lipinski definition) is 7. The molecule has 0 aromatic heterocycles. The molecule has 0 aromatic carbocycles. The summed E-state index contributed by atoms with van der Waals surface area (Å²) in [6, 6.07) is -4.70. The second-order valence-corrected chi connectivity index (χ2v) is 7.87. The van der Waals surface area contributed by atoms with E-state index >= 15 is 0 Å². The lowest BCUT2D eigenvalue weighted by atomic mass is 10.1. The number of aliphatic carboxylic acids is 1. The van der Waals surface area contributed by atoms with E-state index in [1.54, 1.807) is 0 Å².